The van der Waals surface area contributed by atoms with Gasteiger partial charge in [-0.05, 0) is 111 Å². The number of nitrogens with one attached hydrogen (secondary N) is 1. The van der Waals surface area contributed by atoms with E-state index in [4.69, 9.17) is 0 Å². The average Bonchev–Trinajstić information content (AvgIpc) is 3.57. The molecule has 2 N–H and O–H groups in total. The van der Waals surface area contributed by atoms with Crippen molar-refractivity contribution in [1.29, 1.82) is 0 Å². The van der Waals surface area contributed by atoms with Crippen molar-refractivity contribution >= 4 is 16.7 Å². The zero-order chi connectivity index (χ0) is 27.1. The Bertz CT molecular complexity index is 1160. The Kier molecular flexibility index (Phi) is 7.94. The third-order valence-electron chi connectivity index (χ3n) is 9.47. The molecule has 1 aromatic heterocycles. The Morgan fingerprint density at radius 3 is 2.37 bits per heavy atom. The van der Waals surface area contributed by atoms with Crippen LogP contribution in [-0.2, 0) is 28.4 Å². The number of aromatic nitrogens is 1. The number of rotatable bonds is 8. The summed E-state index contributed by atoms with van der Waals surface area (Å²) in [6.45, 7) is 9.70. The van der Waals surface area contributed by atoms with E-state index in [1.54, 1.807) is 0 Å². The molecule has 1 amide bonds. The Balaban J connectivity index is 1.49. The second kappa shape index (κ2) is 10.9. The lowest BCUT2D eigenvalue weighted by atomic mass is 9.87. The fraction of sp³-hybridized carbons (Fsp3) is 0.656. The number of aliphatic hydroxyl groups is 1. The summed E-state index contributed by atoms with van der Waals surface area (Å²) in [7, 11) is -0.686. The number of hydrogen-bond donors (Lipinski definition) is 2. The van der Waals surface area contributed by atoms with Crippen LogP contribution in [0.3, 0.4) is 0 Å². The lowest BCUT2D eigenvalue weighted by Gasteiger charge is -2.26. The third kappa shape index (κ3) is 6.12. The van der Waals surface area contributed by atoms with Crippen molar-refractivity contribution in [3.8, 4) is 11.3 Å². The van der Waals surface area contributed by atoms with Crippen LogP contribution in [0.1, 0.15) is 106 Å². The Morgan fingerprint density at radius 2 is 1.74 bits per heavy atom. The molecule has 3 fully saturated rings. The number of carbonyl (C=O) groups excluding carboxylic acids is 1. The Hall–Kier alpha value is -1.92. The first-order valence-electron chi connectivity index (χ1n) is 14.8. The summed E-state index contributed by atoms with van der Waals surface area (Å²) in [4.78, 5) is 13.5. The third-order valence-corrected chi connectivity index (χ3v) is 10.8. The second-order valence-electron chi connectivity index (χ2n) is 13.1. The molecular formula is C32H46N2O3S. The highest BCUT2D eigenvalue weighted by atomic mass is 32.2. The summed E-state index contributed by atoms with van der Waals surface area (Å²) in [5, 5.41) is 14.2. The van der Waals surface area contributed by atoms with E-state index in [-0.39, 0.29) is 11.3 Å². The largest absolute Gasteiger partial charge is 0.386 e. The van der Waals surface area contributed by atoms with Crippen molar-refractivity contribution in [2.45, 2.75) is 103 Å². The number of benzene rings is 1. The first kappa shape index (κ1) is 27.6. The minimum absolute atomic E-state index is 0.00846. The van der Waals surface area contributed by atoms with E-state index in [0.717, 1.165) is 59.0 Å². The van der Waals surface area contributed by atoms with Crippen LogP contribution in [0.5, 0.6) is 0 Å². The van der Waals surface area contributed by atoms with E-state index < -0.39 is 16.4 Å². The highest BCUT2D eigenvalue weighted by Gasteiger charge is 2.40. The molecule has 1 saturated heterocycles. The summed E-state index contributed by atoms with van der Waals surface area (Å²) in [5.41, 5.74) is 5.43. The summed E-state index contributed by atoms with van der Waals surface area (Å²) >= 11 is 0. The molecule has 0 unspecified atom stereocenters. The predicted molar refractivity (Wildman–Crippen MR) is 156 cm³/mol. The van der Waals surface area contributed by atoms with Crippen molar-refractivity contribution in [2.24, 2.45) is 11.8 Å². The highest BCUT2D eigenvalue weighted by Crippen LogP contribution is 2.49. The summed E-state index contributed by atoms with van der Waals surface area (Å²) in [6, 6.07) is 8.71. The minimum Gasteiger partial charge on any atom is -0.386 e. The van der Waals surface area contributed by atoms with Crippen molar-refractivity contribution in [2.75, 3.05) is 18.1 Å². The fourth-order valence-corrected chi connectivity index (χ4v) is 7.71. The average molecular weight is 539 g/mol. The van der Waals surface area contributed by atoms with Crippen LogP contribution >= 0.6 is 0 Å². The van der Waals surface area contributed by atoms with Crippen molar-refractivity contribution in [1.82, 2.24) is 9.88 Å². The van der Waals surface area contributed by atoms with Gasteiger partial charge in [-0.2, -0.15) is 0 Å². The number of carbonyl (C=O) groups is 1. The van der Waals surface area contributed by atoms with Crippen LogP contribution in [0.2, 0.25) is 0 Å². The maximum atomic E-state index is 13.5. The first-order chi connectivity index (χ1) is 18.0. The molecule has 1 aromatic carbocycles. The van der Waals surface area contributed by atoms with Gasteiger partial charge < -0.3 is 15.0 Å². The molecule has 0 bridgehead atoms. The van der Waals surface area contributed by atoms with Gasteiger partial charge >= 0.3 is 0 Å². The molecular weight excluding hydrogens is 492 g/mol. The fourth-order valence-electron chi connectivity index (χ4n) is 6.31. The molecule has 1 aliphatic heterocycles. The van der Waals surface area contributed by atoms with Gasteiger partial charge in [0.05, 0.1) is 11.2 Å². The molecule has 2 saturated carbocycles. The SMILES string of the molecule is Cc1c(C(=O)NCC2CCS(=O)CC2)cc(-c2cc(C(C)(C)O)cc(C3(C)CC3)c2)n1CC1CCCCC1. The van der Waals surface area contributed by atoms with Gasteiger partial charge in [0.15, 0.2) is 0 Å². The number of amides is 1. The molecule has 0 radical (unpaired) electrons. The smallest absolute Gasteiger partial charge is 0.253 e. The van der Waals surface area contributed by atoms with E-state index in [9.17, 15) is 14.1 Å². The van der Waals surface area contributed by atoms with E-state index in [1.165, 1.54) is 50.5 Å². The second-order valence-corrected chi connectivity index (χ2v) is 14.8. The molecule has 2 aromatic rings. The van der Waals surface area contributed by atoms with E-state index in [2.05, 4.69) is 48.0 Å². The summed E-state index contributed by atoms with van der Waals surface area (Å²) in [6.07, 6.45) is 10.6. The van der Waals surface area contributed by atoms with Gasteiger partial charge in [-0.3, -0.25) is 9.00 Å². The van der Waals surface area contributed by atoms with Crippen LogP contribution in [0, 0.1) is 18.8 Å². The zero-order valence-corrected chi connectivity index (χ0v) is 24.6. The summed E-state index contributed by atoms with van der Waals surface area (Å²) < 4.78 is 14.1. The molecule has 3 aliphatic rings. The van der Waals surface area contributed by atoms with Crippen LogP contribution in [-0.4, -0.2) is 37.8 Å². The molecule has 2 aliphatic carbocycles. The van der Waals surface area contributed by atoms with Gasteiger partial charge in [0, 0.05) is 46.8 Å². The molecule has 0 atom stereocenters. The lowest BCUT2D eigenvalue weighted by Crippen LogP contribution is -2.33. The van der Waals surface area contributed by atoms with Crippen molar-refractivity contribution in [3.63, 3.8) is 0 Å². The van der Waals surface area contributed by atoms with E-state index in [0.29, 0.717) is 18.4 Å². The molecule has 38 heavy (non-hydrogen) atoms. The Morgan fingerprint density at radius 1 is 1.05 bits per heavy atom. The van der Waals surface area contributed by atoms with Gasteiger partial charge in [-0.15, -0.1) is 0 Å². The monoisotopic (exact) mass is 538 g/mol. The zero-order valence-electron chi connectivity index (χ0n) is 23.8. The van der Waals surface area contributed by atoms with Crippen LogP contribution in [0.15, 0.2) is 24.3 Å². The van der Waals surface area contributed by atoms with Gasteiger partial charge in [0.2, 0.25) is 0 Å². The standard InChI is InChI=1S/C32H46N2O3S/c1-22-28(30(35)33-20-23-10-14-38(37)15-11-23)19-29(34(22)21-24-8-6-5-7-9-24)25-16-26(31(2,3)36)18-27(17-25)32(4)12-13-32/h16-19,23-24,36H,5-15,20-21H2,1-4H3,(H,33,35). The van der Waals surface area contributed by atoms with E-state index >= 15 is 0 Å². The maximum absolute atomic E-state index is 13.5. The molecule has 208 valence electrons. The molecule has 5 nitrogen and oxygen atoms in total. The number of hydrogen-bond acceptors (Lipinski definition) is 3. The van der Waals surface area contributed by atoms with Crippen LogP contribution < -0.4 is 5.32 Å². The first-order valence-corrected chi connectivity index (χ1v) is 16.2. The number of nitrogens with zero attached hydrogens (tertiary/aromatic N) is 1. The van der Waals surface area contributed by atoms with Crippen molar-refractivity contribution < 1.29 is 14.1 Å². The molecule has 5 rings (SSSR count). The minimum atomic E-state index is -0.935. The molecule has 0 spiro atoms. The molecule has 2 heterocycles. The topological polar surface area (TPSA) is 71.3 Å². The van der Waals surface area contributed by atoms with Gasteiger partial charge in [0.25, 0.3) is 5.91 Å². The van der Waals surface area contributed by atoms with Gasteiger partial charge in [-0.25, -0.2) is 0 Å². The van der Waals surface area contributed by atoms with Crippen molar-refractivity contribution in [3.05, 3.63) is 46.6 Å². The normalized spacial score (nSPS) is 23.8. The van der Waals surface area contributed by atoms with Crippen LogP contribution in [0.4, 0.5) is 0 Å². The Labute approximate surface area is 231 Å². The van der Waals surface area contributed by atoms with Gasteiger partial charge in [0.1, 0.15) is 0 Å². The predicted octanol–water partition coefficient (Wildman–Crippen LogP) is 6.21. The summed E-state index contributed by atoms with van der Waals surface area (Å²) in [5.74, 6) is 2.53. The lowest BCUT2D eigenvalue weighted by molar-refractivity contribution is 0.0785. The van der Waals surface area contributed by atoms with E-state index in [1.807, 2.05) is 13.8 Å². The quantitative estimate of drug-likeness (QED) is 0.420. The highest BCUT2D eigenvalue weighted by molar-refractivity contribution is 7.85. The van der Waals surface area contributed by atoms with Crippen LogP contribution in [0.25, 0.3) is 11.3 Å². The maximum Gasteiger partial charge on any atom is 0.253 e. The molecule has 6 heteroatoms. The van der Waals surface area contributed by atoms with Gasteiger partial charge in [-0.1, -0.05) is 32.3 Å².